The highest BCUT2D eigenvalue weighted by Gasteiger charge is 2.39. The van der Waals surface area contributed by atoms with Gasteiger partial charge >= 0.3 is 5.97 Å². The van der Waals surface area contributed by atoms with Crippen LogP contribution in [0.25, 0.3) is 11.0 Å². The maximum absolute atomic E-state index is 13.3. The number of carbonyl (C=O) groups excluding carboxylic acids is 5. The molecule has 0 fully saturated rings. The van der Waals surface area contributed by atoms with Crippen LogP contribution < -0.4 is 10.9 Å². The van der Waals surface area contributed by atoms with Crippen molar-refractivity contribution < 1.29 is 28.7 Å². The summed E-state index contributed by atoms with van der Waals surface area (Å²) in [4.78, 5) is 85.1. The molecule has 1 aromatic heterocycles. The summed E-state index contributed by atoms with van der Waals surface area (Å²) >= 11 is 0. The Morgan fingerprint density at radius 1 is 0.897 bits per heavy atom. The van der Waals surface area contributed by atoms with E-state index in [2.05, 4.69) is 15.3 Å². The summed E-state index contributed by atoms with van der Waals surface area (Å²) in [6.45, 7) is 3.25. The first-order chi connectivity index (χ1) is 18.7. The normalized spacial score (nSPS) is 12.9. The molecule has 10 heteroatoms. The van der Waals surface area contributed by atoms with E-state index in [9.17, 15) is 28.8 Å². The Bertz CT molecular complexity index is 1770. The molecule has 194 valence electrons. The number of hydrogen-bond acceptors (Lipinski definition) is 8. The Labute approximate surface area is 221 Å². The van der Waals surface area contributed by atoms with Crippen molar-refractivity contribution in [3.8, 4) is 0 Å². The Hall–Kier alpha value is -5.25. The van der Waals surface area contributed by atoms with Gasteiger partial charge in [0.05, 0.1) is 23.2 Å². The number of H-pyrrole nitrogens is 1. The molecule has 0 bridgehead atoms. The first kappa shape index (κ1) is 25.4. The van der Waals surface area contributed by atoms with Crippen molar-refractivity contribution in [1.82, 2.24) is 9.97 Å². The molecule has 1 aliphatic carbocycles. The zero-order chi connectivity index (χ0) is 27.8. The van der Waals surface area contributed by atoms with Crippen molar-refractivity contribution in [3.05, 3.63) is 105 Å². The van der Waals surface area contributed by atoms with Crippen molar-refractivity contribution in [3.63, 3.8) is 0 Å². The second-order valence-electron chi connectivity index (χ2n) is 8.91. The van der Waals surface area contributed by atoms with Gasteiger partial charge in [0.2, 0.25) is 5.78 Å². The number of nitrogens with one attached hydrogen (secondary N) is 2. The van der Waals surface area contributed by atoms with E-state index in [-0.39, 0.29) is 45.7 Å². The minimum Gasteiger partial charge on any atom is -0.465 e. The SMILES string of the molecule is CCOC(=O)[C@@H](C(=O)C(=O)Nc1ccc(C)cc1)c1nc2ccc3c(c2[nH]c1=O)C(=O)c1ccccc1C3=O. The zero-order valence-corrected chi connectivity index (χ0v) is 20.9. The van der Waals surface area contributed by atoms with Crippen molar-refractivity contribution in [2.24, 2.45) is 0 Å². The predicted octanol–water partition coefficient (Wildman–Crippen LogP) is 2.86. The summed E-state index contributed by atoms with van der Waals surface area (Å²) in [6.07, 6.45) is 0. The third-order valence-electron chi connectivity index (χ3n) is 6.37. The number of Topliss-reactive ketones (excluding diaryl/α,β-unsaturated/α-hetero) is 1. The molecule has 1 heterocycles. The third-order valence-corrected chi connectivity index (χ3v) is 6.37. The van der Waals surface area contributed by atoms with Crippen LogP contribution in [-0.4, -0.2) is 45.8 Å². The molecule has 0 saturated heterocycles. The van der Waals surface area contributed by atoms with Crippen LogP contribution in [0.5, 0.6) is 0 Å². The lowest BCUT2D eigenvalue weighted by atomic mass is 9.83. The highest BCUT2D eigenvalue weighted by Crippen LogP contribution is 2.31. The van der Waals surface area contributed by atoms with Crippen LogP contribution in [0.3, 0.4) is 0 Å². The molecule has 1 atom stereocenters. The monoisotopic (exact) mass is 523 g/mol. The Morgan fingerprint density at radius 2 is 1.56 bits per heavy atom. The molecule has 3 aromatic carbocycles. The molecule has 0 radical (unpaired) electrons. The predicted molar refractivity (Wildman–Crippen MR) is 140 cm³/mol. The number of amides is 1. The van der Waals surface area contributed by atoms with Gasteiger partial charge in [-0.3, -0.25) is 28.8 Å². The van der Waals surface area contributed by atoms with Crippen LogP contribution in [0, 0.1) is 6.92 Å². The van der Waals surface area contributed by atoms with Gasteiger partial charge in [-0.05, 0) is 38.1 Å². The molecule has 0 unspecified atom stereocenters. The van der Waals surface area contributed by atoms with Crippen molar-refractivity contribution in [2.45, 2.75) is 19.8 Å². The van der Waals surface area contributed by atoms with Crippen LogP contribution in [0.2, 0.25) is 0 Å². The number of benzene rings is 3. The molecule has 2 N–H and O–H groups in total. The fourth-order valence-corrected chi connectivity index (χ4v) is 4.48. The quantitative estimate of drug-likeness (QED) is 0.196. The minimum absolute atomic E-state index is 0.0201. The topological polar surface area (TPSA) is 152 Å². The molecule has 10 nitrogen and oxygen atoms in total. The number of aryl methyl sites for hydroxylation is 1. The standard InChI is InChI=1S/C29H21N3O7/c1-3-39-29(38)21(26(35)28(37)30-15-10-8-14(2)9-11-15)23-27(36)32-22-19(31-23)13-12-18-20(22)25(34)17-7-5-4-6-16(17)24(18)33/h4-13,21H,3H2,1-2H3,(H,30,37)(H,32,36)/t21-/m1/s1. The van der Waals surface area contributed by atoms with Crippen molar-refractivity contribution in [2.75, 3.05) is 11.9 Å². The lowest BCUT2D eigenvalue weighted by Gasteiger charge is -2.19. The third kappa shape index (κ3) is 4.42. The number of esters is 1. The molecular formula is C29H21N3O7. The molecule has 0 saturated carbocycles. The average Bonchev–Trinajstić information content (AvgIpc) is 2.93. The van der Waals surface area contributed by atoms with Crippen LogP contribution in [0.1, 0.15) is 55.9 Å². The highest BCUT2D eigenvalue weighted by atomic mass is 16.5. The first-order valence-electron chi connectivity index (χ1n) is 12.0. The van der Waals surface area contributed by atoms with Gasteiger partial charge in [-0.15, -0.1) is 0 Å². The summed E-state index contributed by atoms with van der Waals surface area (Å²) in [6, 6.07) is 15.7. The van der Waals surface area contributed by atoms with E-state index in [1.807, 2.05) is 6.92 Å². The van der Waals surface area contributed by atoms with Gasteiger partial charge in [-0.1, -0.05) is 42.0 Å². The van der Waals surface area contributed by atoms with E-state index < -0.39 is 40.6 Å². The summed E-state index contributed by atoms with van der Waals surface area (Å²) < 4.78 is 4.99. The number of anilines is 1. The number of aromatic nitrogens is 2. The van der Waals surface area contributed by atoms with Crippen molar-refractivity contribution in [1.29, 1.82) is 0 Å². The number of carbonyl (C=O) groups is 5. The van der Waals surface area contributed by atoms with Crippen LogP contribution in [0.15, 0.2) is 65.5 Å². The number of ether oxygens (including phenoxy) is 1. The number of rotatable bonds is 6. The Morgan fingerprint density at radius 3 is 2.23 bits per heavy atom. The molecule has 5 rings (SSSR count). The van der Waals surface area contributed by atoms with Gasteiger partial charge < -0.3 is 15.0 Å². The fraction of sp³-hybridized carbons (Fsp3) is 0.138. The smallest absolute Gasteiger partial charge is 0.323 e. The maximum atomic E-state index is 13.3. The van der Waals surface area contributed by atoms with Gasteiger partial charge in [0.1, 0.15) is 5.69 Å². The first-order valence-corrected chi connectivity index (χ1v) is 12.0. The van der Waals surface area contributed by atoms with Gasteiger partial charge in [-0.2, -0.15) is 0 Å². The second kappa shape index (κ2) is 9.90. The largest absolute Gasteiger partial charge is 0.465 e. The van der Waals surface area contributed by atoms with Gasteiger partial charge in [0.25, 0.3) is 11.5 Å². The summed E-state index contributed by atoms with van der Waals surface area (Å²) in [7, 11) is 0. The Kier molecular flexibility index (Phi) is 6.45. The van der Waals surface area contributed by atoms with E-state index in [1.165, 1.54) is 25.1 Å². The average molecular weight is 524 g/mol. The second-order valence-corrected chi connectivity index (χ2v) is 8.91. The Balaban J connectivity index is 1.59. The van der Waals surface area contributed by atoms with Crippen molar-refractivity contribution >= 4 is 45.9 Å². The molecule has 39 heavy (non-hydrogen) atoms. The zero-order valence-electron chi connectivity index (χ0n) is 20.9. The molecule has 0 aliphatic heterocycles. The fourth-order valence-electron chi connectivity index (χ4n) is 4.48. The van der Waals surface area contributed by atoms with E-state index in [0.29, 0.717) is 5.69 Å². The van der Waals surface area contributed by atoms with E-state index >= 15 is 0 Å². The summed E-state index contributed by atoms with van der Waals surface area (Å²) in [5, 5.41) is 2.42. The maximum Gasteiger partial charge on any atom is 0.323 e. The molecule has 1 aliphatic rings. The lowest BCUT2D eigenvalue weighted by Crippen LogP contribution is -2.37. The van der Waals surface area contributed by atoms with Gasteiger partial charge in [0, 0.05) is 22.4 Å². The number of hydrogen-bond donors (Lipinski definition) is 2. The van der Waals surface area contributed by atoms with Gasteiger partial charge in [0.15, 0.2) is 17.5 Å². The number of aromatic amines is 1. The summed E-state index contributed by atoms with van der Waals surface area (Å²) in [5.74, 6) is -6.34. The van der Waals surface area contributed by atoms with Crippen LogP contribution in [-0.2, 0) is 19.1 Å². The molecule has 4 aromatic rings. The molecular weight excluding hydrogens is 502 g/mol. The van der Waals surface area contributed by atoms with Gasteiger partial charge in [-0.25, -0.2) is 4.98 Å². The molecule has 1 amide bonds. The van der Waals surface area contributed by atoms with Crippen LogP contribution in [0.4, 0.5) is 5.69 Å². The minimum atomic E-state index is -1.96. The van der Waals surface area contributed by atoms with E-state index in [1.54, 1.807) is 42.5 Å². The van der Waals surface area contributed by atoms with E-state index in [4.69, 9.17) is 4.74 Å². The molecule has 0 spiro atoms. The summed E-state index contributed by atoms with van der Waals surface area (Å²) in [5.41, 5.74) is 0.199. The van der Waals surface area contributed by atoms with E-state index in [0.717, 1.165) is 5.56 Å². The number of fused-ring (bicyclic) bond motifs is 4. The lowest BCUT2D eigenvalue weighted by molar-refractivity contribution is -0.150. The number of ketones is 3. The van der Waals surface area contributed by atoms with Crippen LogP contribution >= 0.6 is 0 Å². The highest BCUT2D eigenvalue weighted by molar-refractivity contribution is 6.45. The number of nitrogens with zero attached hydrogens (tertiary/aromatic N) is 1.